The van der Waals surface area contributed by atoms with Gasteiger partial charge in [-0.05, 0) is 20.8 Å². The van der Waals surface area contributed by atoms with Crippen molar-refractivity contribution in [1.29, 1.82) is 0 Å². The second kappa shape index (κ2) is 5.58. The van der Waals surface area contributed by atoms with Crippen LogP contribution in [0.2, 0.25) is 0 Å². The van der Waals surface area contributed by atoms with Crippen molar-refractivity contribution in [3.63, 3.8) is 0 Å². The molecule has 1 aliphatic heterocycles. The topological polar surface area (TPSA) is 88.1 Å². The maximum absolute atomic E-state index is 10.6. The van der Waals surface area contributed by atoms with Gasteiger partial charge in [0.05, 0.1) is 24.9 Å². The van der Waals surface area contributed by atoms with E-state index in [0.717, 1.165) is 0 Å². The van der Waals surface area contributed by atoms with Crippen molar-refractivity contribution in [2.75, 3.05) is 6.61 Å². The predicted octanol–water partition coefficient (Wildman–Crippen LogP) is 0.435. The Kier molecular flexibility index (Phi) is 4.91. The molecule has 2 unspecified atom stereocenters. The number of ether oxygens (including phenoxy) is 2. The van der Waals surface area contributed by atoms with Crippen LogP contribution in [-0.4, -0.2) is 35.9 Å². The minimum Gasteiger partial charge on any atom is -0.756 e. The molecule has 6 nitrogen and oxygen atoms in total. The van der Waals surface area contributed by atoms with E-state index in [-0.39, 0.29) is 18.8 Å². The first-order chi connectivity index (χ1) is 7.28. The largest absolute Gasteiger partial charge is 0.756 e. The lowest BCUT2D eigenvalue weighted by Gasteiger charge is -2.24. The van der Waals surface area contributed by atoms with Gasteiger partial charge in [-0.15, -0.1) is 0 Å². The summed E-state index contributed by atoms with van der Waals surface area (Å²) in [4.78, 5) is 19.3. The summed E-state index contributed by atoms with van der Waals surface area (Å²) in [7, 11) is -4.71. The van der Waals surface area contributed by atoms with Crippen molar-refractivity contribution < 1.29 is 28.3 Å². The molecule has 0 saturated carbocycles. The van der Waals surface area contributed by atoms with Crippen LogP contribution in [0.1, 0.15) is 27.2 Å². The summed E-state index contributed by atoms with van der Waals surface area (Å²) in [6.45, 7) is 5.82. The molecule has 1 fully saturated rings. The Hall–Kier alpha value is 0.0300. The van der Waals surface area contributed by atoms with E-state index < -0.39 is 20.0 Å². The first-order valence-corrected chi connectivity index (χ1v) is 6.76. The molecule has 4 atom stereocenters. The summed E-state index contributed by atoms with van der Waals surface area (Å²) in [5.41, 5.74) is 0. The van der Waals surface area contributed by atoms with Gasteiger partial charge >= 0.3 is 0 Å². The van der Waals surface area contributed by atoms with Crippen molar-refractivity contribution in [3.05, 3.63) is 0 Å². The highest BCUT2D eigenvalue weighted by Gasteiger charge is 2.36. The summed E-state index contributed by atoms with van der Waals surface area (Å²) in [5.74, 6) is 0. The lowest BCUT2D eigenvalue weighted by atomic mass is 10.1. The fourth-order valence-corrected chi connectivity index (χ4v) is 2.20. The third-order valence-electron chi connectivity index (χ3n) is 2.25. The average molecular weight is 253 g/mol. The van der Waals surface area contributed by atoms with E-state index in [0.29, 0.717) is 6.42 Å². The highest BCUT2D eigenvalue weighted by atomic mass is 31.2. The van der Waals surface area contributed by atoms with Gasteiger partial charge in [0.25, 0.3) is 7.82 Å². The standard InChI is InChI=1S/C9H19O6P/c1-6(2)13-5-9-8(4-7(3)14-9)15-16(10,11)12/h6-9H,4-5H2,1-3H3,(H2,10,11,12)/p-1/t7-,8?,9+/m0/s1. The fourth-order valence-electron chi connectivity index (χ4n) is 1.64. The molecule has 1 aliphatic rings. The molecule has 0 spiro atoms. The molecule has 0 aliphatic carbocycles. The smallest absolute Gasteiger partial charge is 0.265 e. The highest BCUT2D eigenvalue weighted by Crippen LogP contribution is 2.38. The van der Waals surface area contributed by atoms with Gasteiger partial charge in [-0.1, -0.05) is 0 Å². The van der Waals surface area contributed by atoms with Gasteiger partial charge in [0.1, 0.15) is 6.10 Å². The van der Waals surface area contributed by atoms with Gasteiger partial charge in [-0.25, -0.2) is 0 Å². The molecule has 0 aromatic carbocycles. The number of hydrogen-bond acceptors (Lipinski definition) is 5. The second-order valence-corrected chi connectivity index (χ2v) is 5.36. The summed E-state index contributed by atoms with van der Waals surface area (Å²) in [5, 5.41) is 0. The molecule has 0 aromatic rings. The minimum atomic E-state index is -4.71. The number of phosphoric ester groups is 1. The van der Waals surface area contributed by atoms with Crippen molar-refractivity contribution >= 4 is 7.82 Å². The Bertz CT molecular complexity index is 263. The normalized spacial score (nSPS) is 34.2. The molecule has 0 radical (unpaired) electrons. The molecular formula is C9H18O6P-. The van der Waals surface area contributed by atoms with E-state index in [1.807, 2.05) is 20.8 Å². The Labute approximate surface area is 95.1 Å². The van der Waals surface area contributed by atoms with E-state index in [1.165, 1.54) is 0 Å². The van der Waals surface area contributed by atoms with Crippen molar-refractivity contribution in [2.24, 2.45) is 0 Å². The minimum absolute atomic E-state index is 0.0355. The van der Waals surface area contributed by atoms with Crippen LogP contribution in [-0.2, 0) is 18.6 Å². The van der Waals surface area contributed by atoms with Crippen LogP contribution in [0, 0.1) is 0 Å². The number of hydrogen-bond donors (Lipinski definition) is 1. The van der Waals surface area contributed by atoms with Crippen LogP contribution in [0.4, 0.5) is 0 Å². The van der Waals surface area contributed by atoms with Crippen molar-refractivity contribution in [2.45, 2.75) is 51.6 Å². The van der Waals surface area contributed by atoms with Gasteiger partial charge < -0.3 is 23.8 Å². The maximum Gasteiger partial charge on any atom is 0.265 e. The first kappa shape index (κ1) is 14.1. The van der Waals surface area contributed by atoms with Crippen molar-refractivity contribution in [1.82, 2.24) is 0 Å². The average Bonchev–Trinajstić information content (AvgIpc) is 2.39. The summed E-state index contributed by atoms with van der Waals surface area (Å²) < 4.78 is 26.0. The Morgan fingerprint density at radius 3 is 2.75 bits per heavy atom. The zero-order valence-electron chi connectivity index (χ0n) is 9.66. The van der Waals surface area contributed by atoms with E-state index in [1.54, 1.807) is 0 Å². The third kappa shape index (κ3) is 4.91. The molecule has 1 heterocycles. The van der Waals surface area contributed by atoms with E-state index in [9.17, 15) is 9.46 Å². The van der Waals surface area contributed by atoms with Crippen LogP contribution in [0.15, 0.2) is 0 Å². The zero-order valence-corrected chi connectivity index (χ0v) is 10.6. The fraction of sp³-hybridized carbons (Fsp3) is 1.00. The van der Waals surface area contributed by atoms with Crippen LogP contribution in [0.25, 0.3) is 0 Å². The molecule has 7 heteroatoms. The first-order valence-electron chi connectivity index (χ1n) is 5.27. The summed E-state index contributed by atoms with van der Waals surface area (Å²) in [6.07, 6.45) is -0.751. The lowest BCUT2D eigenvalue weighted by molar-refractivity contribution is -0.226. The van der Waals surface area contributed by atoms with Crippen LogP contribution < -0.4 is 4.89 Å². The molecule has 0 bridgehead atoms. The number of rotatable bonds is 5. The van der Waals surface area contributed by atoms with Gasteiger partial charge in [0.15, 0.2) is 0 Å². The van der Waals surface area contributed by atoms with Crippen LogP contribution in [0.5, 0.6) is 0 Å². The lowest BCUT2D eigenvalue weighted by Crippen LogP contribution is -2.30. The maximum atomic E-state index is 10.6. The molecule has 0 aromatic heterocycles. The summed E-state index contributed by atoms with van der Waals surface area (Å²) in [6, 6.07) is 0. The number of phosphoric acid groups is 1. The molecule has 16 heavy (non-hydrogen) atoms. The highest BCUT2D eigenvalue weighted by molar-refractivity contribution is 7.44. The van der Waals surface area contributed by atoms with Gasteiger partial charge in [0, 0.05) is 6.42 Å². The van der Waals surface area contributed by atoms with E-state index >= 15 is 0 Å². The molecule has 1 rings (SSSR count). The summed E-state index contributed by atoms with van der Waals surface area (Å²) >= 11 is 0. The second-order valence-electron chi connectivity index (χ2n) is 4.22. The quantitative estimate of drug-likeness (QED) is 0.715. The van der Waals surface area contributed by atoms with Crippen LogP contribution >= 0.6 is 7.82 Å². The molecule has 1 saturated heterocycles. The van der Waals surface area contributed by atoms with Crippen molar-refractivity contribution in [3.8, 4) is 0 Å². The Morgan fingerprint density at radius 2 is 2.25 bits per heavy atom. The molecule has 96 valence electrons. The van der Waals surface area contributed by atoms with Crippen LogP contribution in [0.3, 0.4) is 0 Å². The van der Waals surface area contributed by atoms with Gasteiger partial charge in [-0.2, -0.15) is 0 Å². The zero-order chi connectivity index (χ0) is 12.3. The van der Waals surface area contributed by atoms with Gasteiger partial charge in [-0.3, -0.25) is 4.57 Å². The van der Waals surface area contributed by atoms with Gasteiger partial charge in [0.2, 0.25) is 0 Å². The Balaban J connectivity index is 2.49. The molecular weight excluding hydrogens is 235 g/mol. The Morgan fingerprint density at radius 1 is 1.62 bits per heavy atom. The molecule has 0 amide bonds. The third-order valence-corrected chi connectivity index (χ3v) is 2.79. The molecule has 1 N–H and O–H groups in total. The van der Waals surface area contributed by atoms with E-state index in [4.69, 9.17) is 14.4 Å². The van der Waals surface area contributed by atoms with E-state index in [2.05, 4.69) is 4.52 Å². The predicted molar refractivity (Wildman–Crippen MR) is 54.7 cm³/mol. The monoisotopic (exact) mass is 253 g/mol. The SMILES string of the molecule is CC(C)OC[C@H]1O[C@@H](C)CC1OP(=O)([O-])O.